The van der Waals surface area contributed by atoms with Gasteiger partial charge >= 0.3 is 5.97 Å². The van der Waals surface area contributed by atoms with E-state index in [0.717, 1.165) is 28.4 Å². The van der Waals surface area contributed by atoms with Crippen LogP contribution < -0.4 is 5.32 Å². The minimum atomic E-state index is -0.990. The van der Waals surface area contributed by atoms with Crippen LogP contribution in [0.4, 0.5) is 0 Å². The first-order chi connectivity index (χ1) is 8.65. The predicted molar refractivity (Wildman–Crippen MR) is 66.4 cm³/mol. The van der Waals surface area contributed by atoms with Crippen LogP contribution in [-0.4, -0.2) is 26.0 Å². The second-order valence-corrected chi connectivity index (χ2v) is 4.56. The first-order valence-electron chi connectivity index (χ1n) is 5.31. The van der Waals surface area contributed by atoms with Crippen molar-refractivity contribution in [2.75, 3.05) is 0 Å². The van der Waals surface area contributed by atoms with Gasteiger partial charge < -0.3 is 10.4 Å². The molecule has 6 nitrogen and oxygen atoms in total. The van der Waals surface area contributed by atoms with Crippen LogP contribution in [0.2, 0.25) is 0 Å². The number of nitrogens with zero attached hydrogens (tertiary/aromatic N) is 3. The molecule has 0 radical (unpaired) electrons. The van der Waals surface area contributed by atoms with Crippen molar-refractivity contribution in [2.45, 2.75) is 20.0 Å². The molecule has 0 fully saturated rings. The van der Waals surface area contributed by atoms with Crippen LogP contribution in [0.15, 0.2) is 17.8 Å². The van der Waals surface area contributed by atoms with Crippen molar-refractivity contribution in [1.29, 1.82) is 0 Å². The van der Waals surface area contributed by atoms with Crippen LogP contribution in [-0.2, 0) is 13.1 Å². The van der Waals surface area contributed by atoms with Gasteiger partial charge in [0.15, 0.2) is 0 Å². The molecule has 2 aromatic heterocycles. The van der Waals surface area contributed by atoms with Gasteiger partial charge in [0.05, 0.1) is 17.1 Å². The smallest absolute Gasteiger partial charge is 0.365 e. The van der Waals surface area contributed by atoms with Gasteiger partial charge in [0.25, 0.3) is 0 Å². The van der Waals surface area contributed by atoms with Crippen LogP contribution in [0.1, 0.15) is 26.9 Å². The van der Waals surface area contributed by atoms with E-state index < -0.39 is 5.97 Å². The lowest BCUT2D eigenvalue weighted by Crippen LogP contribution is -2.14. The number of aromatic carboxylic acids is 1. The molecule has 0 spiro atoms. The monoisotopic (exact) mass is 264 g/mol. The van der Waals surface area contributed by atoms with Gasteiger partial charge in [0.2, 0.25) is 5.01 Å². The van der Waals surface area contributed by atoms with E-state index in [2.05, 4.69) is 20.3 Å². The molecule has 2 aromatic rings. The molecule has 18 heavy (non-hydrogen) atoms. The van der Waals surface area contributed by atoms with E-state index in [-0.39, 0.29) is 5.01 Å². The quantitative estimate of drug-likeness (QED) is 0.844. The second-order valence-electron chi connectivity index (χ2n) is 3.70. The standard InChI is InChI=1S/C11H12N4O2S/c1-7-2-14-8(5-13-7)3-12-4-9-6-18-10(15-9)11(16)17/h2,5-6,12H,3-4H2,1H3,(H,16,17). The van der Waals surface area contributed by atoms with Crippen molar-refractivity contribution in [3.05, 3.63) is 39.9 Å². The SMILES string of the molecule is Cc1cnc(CNCc2csc(C(=O)O)n2)cn1. The Morgan fingerprint density at radius 2 is 2.11 bits per heavy atom. The Bertz CT molecular complexity index is 538. The number of carboxylic acids is 1. The molecule has 0 aliphatic rings. The molecule has 0 saturated carbocycles. The summed E-state index contributed by atoms with van der Waals surface area (Å²) in [5.74, 6) is -0.990. The van der Waals surface area contributed by atoms with Gasteiger partial charge in [-0.3, -0.25) is 9.97 Å². The van der Waals surface area contributed by atoms with Gasteiger partial charge in [-0.15, -0.1) is 11.3 Å². The topological polar surface area (TPSA) is 88.0 Å². The minimum absolute atomic E-state index is 0.113. The Morgan fingerprint density at radius 1 is 1.33 bits per heavy atom. The van der Waals surface area contributed by atoms with Crippen molar-refractivity contribution in [3.8, 4) is 0 Å². The summed E-state index contributed by atoms with van der Waals surface area (Å²) in [7, 11) is 0. The zero-order chi connectivity index (χ0) is 13.0. The zero-order valence-corrected chi connectivity index (χ0v) is 10.6. The maximum Gasteiger partial charge on any atom is 0.365 e. The Labute approximate surface area is 108 Å². The summed E-state index contributed by atoms with van der Waals surface area (Å²) in [6, 6.07) is 0. The van der Waals surface area contributed by atoms with Crippen molar-refractivity contribution in [3.63, 3.8) is 0 Å². The van der Waals surface area contributed by atoms with Crippen molar-refractivity contribution >= 4 is 17.3 Å². The fraction of sp³-hybridized carbons (Fsp3) is 0.273. The number of thiazole rings is 1. The van der Waals surface area contributed by atoms with E-state index in [4.69, 9.17) is 5.11 Å². The summed E-state index contributed by atoms with van der Waals surface area (Å²) in [6.45, 7) is 2.97. The van der Waals surface area contributed by atoms with Gasteiger partial charge in [0, 0.05) is 30.9 Å². The van der Waals surface area contributed by atoms with Crippen molar-refractivity contribution < 1.29 is 9.90 Å². The molecule has 0 atom stereocenters. The van der Waals surface area contributed by atoms with E-state index in [9.17, 15) is 4.79 Å². The molecule has 0 amide bonds. The fourth-order valence-electron chi connectivity index (χ4n) is 1.32. The van der Waals surface area contributed by atoms with Crippen LogP contribution >= 0.6 is 11.3 Å². The van der Waals surface area contributed by atoms with E-state index >= 15 is 0 Å². The summed E-state index contributed by atoms with van der Waals surface area (Å²) in [6.07, 6.45) is 3.43. The summed E-state index contributed by atoms with van der Waals surface area (Å²) in [5, 5.41) is 13.7. The lowest BCUT2D eigenvalue weighted by Gasteiger charge is -2.01. The average Bonchev–Trinajstić information content (AvgIpc) is 2.81. The van der Waals surface area contributed by atoms with Gasteiger partial charge in [0.1, 0.15) is 0 Å². The molecule has 2 heterocycles. The molecular weight excluding hydrogens is 252 g/mol. The van der Waals surface area contributed by atoms with E-state index in [0.29, 0.717) is 13.1 Å². The molecule has 0 aliphatic heterocycles. The molecule has 0 bridgehead atoms. The highest BCUT2D eigenvalue weighted by Crippen LogP contribution is 2.09. The number of nitrogens with one attached hydrogen (secondary N) is 1. The lowest BCUT2D eigenvalue weighted by molar-refractivity contribution is 0.0696. The van der Waals surface area contributed by atoms with Crippen LogP contribution in [0.3, 0.4) is 0 Å². The summed E-state index contributed by atoms with van der Waals surface area (Å²) in [4.78, 5) is 23.0. The maximum atomic E-state index is 10.7. The largest absolute Gasteiger partial charge is 0.476 e. The molecular formula is C11H12N4O2S. The Morgan fingerprint density at radius 3 is 2.72 bits per heavy atom. The molecule has 0 aliphatic carbocycles. The van der Waals surface area contributed by atoms with Crippen LogP contribution in [0, 0.1) is 6.92 Å². The summed E-state index contributed by atoms with van der Waals surface area (Å²) in [5.41, 5.74) is 2.44. The van der Waals surface area contributed by atoms with Crippen molar-refractivity contribution in [2.24, 2.45) is 0 Å². The third kappa shape index (κ3) is 3.31. The minimum Gasteiger partial charge on any atom is -0.476 e. The molecule has 2 N–H and O–H groups in total. The molecule has 7 heteroatoms. The second kappa shape index (κ2) is 5.65. The Kier molecular flexibility index (Phi) is 3.96. The third-order valence-electron chi connectivity index (χ3n) is 2.18. The number of hydrogen-bond donors (Lipinski definition) is 2. The average molecular weight is 264 g/mol. The van der Waals surface area contributed by atoms with Gasteiger partial charge in [-0.1, -0.05) is 0 Å². The number of aromatic nitrogens is 3. The fourth-order valence-corrected chi connectivity index (χ4v) is 1.97. The normalized spacial score (nSPS) is 10.5. The van der Waals surface area contributed by atoms with E-state index in [1.807, 2.05) is 6.92 Å². The van der Waals surface area contributed by atoms with Crippen molar-refractivity contribution in [1.82, 2.24) is 20.3 Å². The van der Waals surface area contributed by atoms with Gasteiger partial charge in [-0.25, -0.2) is 9.78 Å². The highest BCUT2D eigenvalue weighted by atomic mass is 32.1. The van der Waals surface area contributed by atoms with Gasteiger partial charge in [-0.2, -0.15) is 0 Å². The first-order valence-corrected chi connectivity index (χ1v) is 6.19. The number of carbonyl (C=O) groups is 1. The highest BCUT2D eigenvalue weighted by molar-refractivity contribution is 7.11. The maximum absolute atomic E-state index is 10.7. The lowest BCUT2D eigenvalue weighted by atomic mass is 10.4. The highest BCUT2D eigenvalue weighted by Gasteiger charge is 2.08. The van der Waals surface area contributed by atoms with Gasteiger partial charge in [-0.05, 0) is 6.92 Å². The molecule has 0 aromatic carbocycles. The summed E-state index contributed by atoms with van der Waals surface area (Å²) >= 11 is 1.13. The molecule has 0 unspecified atom stereocenters. The molecule has 94 valence electrons. The third-order valence-corrected chi connectivity index (χ3v) is 3.06. The molecule has 0 saturated heterocycles. The van der Waals surface area contributed by atoms with E-state index in [1.165, 1.54) is 0 Å². The summed E-state index contributed by atoms with van der Waals surface area (Å²) < 4.78 is 0. The Hall–Kier alpha value is -1.86. The van der Waals surface area contributed by atoms with Crippen LogP contribution in [0.5, 0.6) is 0 Å². The zero-order valence-electron chi connectivity index (χ0n) is 9.75. The Balaban J connectivity index is 1.84. The number of hydrogen-bond acceptors (Lipinski definition) is 6. The number of carboxylic acid groups (broad SMARTS) is 1. The van der Waals surface area contributed by atoms with E-state index in [1.54, 1.807) is 17.8 Å². The number of rotatable bonds is 5. The number of aryl methyl sites for hydroxylation is 1. The predicted octanol–water partition coefficient (Wildman–Crippen LogP) is 1.23. The first kappa shape index (κ1) is 12.6. The molecule has 2 rings (SSSR count). The van der Waals surface area contributed by atoms with Crippen LogP contribution in [0.25, 0.3) is 0 Å².